The molecule has 2 fully saturated rings. The van der Waals surface area contributed by atoms with E-state index in [0.717, 1.165) is 30.2 Å². The van der Waals surface area contributed by atoms with Gasteiger partial charge in [0.15, 0.2) is 0 Å². The molecule has 8 nitrogen and oxygen atoms in total. The maximum atomic E-state index is 13.3. The lowest BCUT2D eigenvalue weighted by Gasteiger charge is -2.53. The van der Waals surface area contributed by atoms with Crippen molar-refractivity contribution in [2.45, 2.75) is 45.6 Å². The summed E-state index contributed by atoms with van der Waals surface area (Å²) in [5, 5.41) is 13.3. The van der Waals surface area contributed by atoms with Gasteiger partial charge in [0.05, 0.1) is 16.5 Å². The molecule has 1 saturated carbocycles. The SMILES string of the molecule is CN.Cc1cc(CNc2ccccc2C(=O)O)c2nc(N3CC4(CCCCC4)C3)n(C)c(=O)c2c1. The highest BCUT2D eigenvalue weighted by Crippen LogP contribution is 2.45. The quantitative estimate of drug-likeness (QED) is 0.511. The lowest BCUT2D eigenvalue weighted by Crippen LogP contribution is -2.58. The molecule has 2 aromatic carbocycles. The van der Waals surface area contributed by atoms with Gasteiger partial charge in [-0.25, -0.2) is 9.78 Å². The topological polar surface area (TPSA) is 113 Å². The molecule has 3 aromatic rings. The van der Waals surface area contributed by atoms with Crippen LogP contribution in [0.2, 0.25) is 0 Å². The molecule has 2 aliphatic rings. The molecule has 0 bridgehead atoms. The number of anilines is 2. The van der Waals surface area contributed by atoms with Gasteiger partial charge in [-0.15, -0.1) is 0 Å². The van der Waals surface area contributed by atoms with Gasteiger partial charge in [0.25, 0.3) is 5.56 Å². The average Bonchev–Trinajstić information content (AvgIpc) is 2.85. The first-order chi connectivity index (χ1) is 16.9. The molecule has 5 rings (SSSR count). The summed E-state index contributed by atoms with van der Waals surface area (Å²) in [4.78, 5) is 32.1. The third-order valence-electron chi connectivity index (χ3n) is 7.26. The number of fused-ring (bicyclic) bond motifs is 1. The van der Waals surface area contributed by atoms with Gasteiger partial charge in [0.2, 0.25) is 5.95 Å². The fourth-order valence-electron chi connectivity index (χ4n) is 5.55. The van der Waals surface area contributed by atoms with Gasteiger partial charge in [-0.05, 0) is 56.1 Å². The summed E-state index contributed by atoms with van der Waals surface area (Å²) >= 11 is 0. The monoisotopic (exact) mass is 477 g/mol. The summed E-state index contributed by atoms with van der Waals surface area (Å²) in [6.07, 6.45) is 6.45. The number of carboxylic acids is 1. The molecule has 1 spiro atoms. The number of nitrogens with zero attached hydrogens (tertiary/aromatic N) is 3. The van der Waals surface area contributed by atoms with E-state index in [-0.39, 0.29) is 11.1 Å². The molecule has 0 radical (unpaired) electrons. The second kappa shape index (κ2) is 10.1. The third-order valence-corrected chi connectivity index (χ3v) is 7.26. The van der Waals surface area contributed by atoms with E-state index in [1.807, 2.05) is 19.1 Å². The number of para-hydroxylation sites is 1. The Bertz CT molecular complexity index is 1290. The smallest absolute Gasteiger partial charge is 0.337 e. The number of aromatic nitrogens is 2. The molecule has 0 atom stereocenters. The van der Waals surface area contributed by atoms with Crippen molar-refractivity contribution in [1.29, 1.82) is 0 Å². The van der Waals surface area contributed by atoms with Crippen LogP contribution in [0.3, 0.4) is 0 Å². The van der Waals surface area contributed by atoms with E-state index in [9.17, 15) is 14.7 Å². The van der Waals surface area contributed by atoms with Crippen LogP contribution in [0.25, 0.3) is 10.9 Å². The molecule has 1 aromatic heterocycles. The van der Waals surface area contributed by atoms with Gasteiger partial charge in [-0.1, -0.05) is 37.5 Å². The molecule has 35 heavy (non-hydrogen) atoms. The summed E-state index contributed by atoms with van der Waals surface area (Å²) in [6.45, 7) is 4.27. The van der Waals surface area contributed by atoms with Crippen molar-refractivity contribution < 1.29 is 9.90 Å². The molecule has 1 aliphatic carbocycles. The normalized spacial score (nSPS) is 16.4. The number of nitrogens with two attached hydrogens (primary N) is 1. The Morgan fingerprint density at radius 3 is 2.51 bits per heavy atom. The van der Waals surface area contributed by atoms with Gasteiger partial charge in [0.1, 0.15) is 0 Å². The Kier molecular flexibility index (Phi) is 7.12. The molecule has 8 heteroatoms. The molecular formula is C27H35N5O3. The maximum absolute atomic E-state index is 13.3. The van der Waals surface area contributed by atoms with Crippen molar-refractivity contribution in [3.63, 3.8) is 0 Å². The minimum Gasteiger partial charge on any atom is -0.478 e. The molecule has 0 amide bonds. The number of aryl methyl sites for hydroxylation is 1. The lowest BCUT2D eigenvalue weighted by atomic mass is 9.69. The number of carboxylic acid groups (broad SMARTS) is 1. The Morgan fingerprint density at radius 1 is 1.14 bits per heavy atom. The zero-order valence-corrected chi connectivity index (χ0v) is 20.8. The standard InChI is InChI=1S/C26H30N4O3.CH5N/c1-17-12-18(14-27-21-9-5-4-8-19(21)24(32)33)22-20(13-17)23(31)29(2)25(28-22)30-15-26(16-30)10-6-3-7-11-26;1-2/h4-5,8-9,12-13,27H,3,6-7,10-11,14-16H2,1-2H3,(H,32,33);2H2,1H3. The van der Waals surface area contributed by atoms with Crippen LogP contribution in [-0.2, 0) is 13.6 Å². The molecule has 186 valence electrons. The van der Waals surface area contributed by atoms with Crippen molar-refractivity contribution in [2.75, 3.05) is 30.4 Å². The Morgan fingerprint density at radius 2 is 1.83 bits per heavy atom. The molecule has 4 N–H and O–H groups in total. The third kappa shape index (κ3) is 4.75. The molecule has 0 unspecified atom stereocenters. The maximum Gasteiger partial charge on any atom is 0.337 e. The summed E-state index contributed by atoms with van der Waals surface area (Å²) in [7, 11) is 3.30. The first-order valence-electron chi connectivity index (χ1n) is 12.3. The highest BCUT2D eigenvalue weighted by atomic mass is 16.4. The first kappa shape index (κ1) is 24.7. The number of carbonyl (C=O) groups is 1. The van der Waals surface area contributed by atoms with E-state index in [1.54, 1.807) is 35.9 Å². The predicted molar refractivity (Wildman–Crippen MR) is 140 cm³/mol. The van der Waals surface area contributed by atoms with E-state index in [2.05, 4.69) is 16.0 Å². The number of aromatic carboxylic acids is 1. The van der Waals surface area contributed by atoms with Crippen molar-refractivity contribution >= 4 is 28.5 Å². The van der Waals surface area contributed by atoms with Crippen LogP contribution in [0.4, 0.5) is 11.6 Å². The van der Waals surface area contributed by atoms with Gasteiger partial charge in [-0.3, -0.25) is 9.36 Å². The largest absolute Gasteiger partial charge is 0.478 e. The van der Waals surface area contributed by atoms with E-state index in [4.69, 9.17) is 4.98 Å². The van der Waals surface area contributed by atoms with Crippen LogP contribution in [-0.4, -0.2) is 40.8 Å². The number of nitrogens with one attached hydrogen (secondary N) is 1. The average molecular weight is 478 g/mol. The van der Waals surface area contributed by atoms with Crippen LogP contribution >= 0.6 is 0 Å². The second-order valence-electron chi connectivity index (χ2n) is 9.72. The summed E-state index contributed by atoms with van der Waals surface area (Å²) in [5.41, 5.74) is 8.16. The fourth-order valence-corrected chi connectivity index (χ4v) is 5.55. The van der Waals surface area contributed by atoms with Crippen LogP contribution in [0, 0.1) is 12.3 Å². The predicted octanol–water partition coefficient (Wildman–Crippen LogP) is 3.90. The Hall–Kier alpha value is -3.39. The zero-order valence-electron chi connectivity index (χ0n) is 20.8. The molecular weight excluding hydrogens is 442 g/mol. The van der Waals surface area contributed by atoms with E-state index < -0.39 is 5.97 Å². The summed E-state index contributed by atoms with van der Waals surface area (Å²) in [5.74, 6) is -0.254. The van der Waals surface area contributed by atoms with Crippen molar-refractivity contribution in [3.05, 3.63) is 63.4 Å². The summed E-state index contributed by atoms with van der Waals surface area (Å²) < 4.78 is 1.67. The van der Waals surface area contributed by atoms with Crippen LogP contribution in [0.15, 0.2) is 41.2 Å². The summed E-state index contributed by atoms with van der Waals surface area (Å²) in [6, 6.07) is 10.8. The van der Waals surface area contributed by atoms with Crippen LogP contribution in [0.1, 0.15) is 53.6 Å². The van der Waals surface area contributed by atoms with Crippen LogP contribution in [0.5, 0.6) is 0 Å². The number of rotatable bonds is 5. The first-order valence-corrected chi connectivity index (χ1v) is 12.3. The van der Waals surface area contributed by atoms with Gasteiger partial charge >= 0.3 is 5.97 Å². The van der Waals surface area contributed by atoms with E-state index >= 15 is 0 Å². The molecule has 1 saturated heterocycles. The number of benzene rings is 2. The van der Waals surface area contributed by atoms with Gasteiger partial charge in [0, 0.05) is 37.8 Å². The van der Waals surface area contributed by atoms with E-state index in [1.165, 1.54) is 39.2 Å². The Labute approximate surface area is 205 Å². The van der Waals surface area contributed by atoms with Crippen molar-refractivity contribution in [3.8, 4) is 0 Å². The number of hydrogen-bond donors (Lipinski definition) is 3. The number of hydrogen-bond acceptors (Lipinski definition) is 6. The Balaban J connectivity index is 0.00000141. The highest BCUT2D eigenvalue weighted by molar-refractivity contribution is 5.94. The van der Waals surface area contributed by atoms with Crippen molar-refractivity contribution in [2.24, 2.45) is 18.2 Å². The van der Waals surface area contributed by atoms with Gasteiger partial charge in [-0.2, -0.15) is 0 Å². The second-order valence-corrected chi connectivity index (χ2v) is 9.72. The zero-order chi connectivity index (χ0) is 25.2. The lowest BCUT2D eigenvalue weighted by molar-refractivity contribution is 0.0698. The van der Waals surface area contributed by atoms with Crippen molar-refractivity contribution in [1.82, 2.24) is 9.55 Å². The molecule has 1 aliphatic heterocycles. The van der Waals surface area contributed by atoms with E-state index in [0.29, 0.717) is 28.6 Å². The molecule has 2 heterocycles. The van der Waals surface area contributed by atoms with Crippen LogP contribution < -0.4 is 21.5 Å². The minimum atomic E-state index is -0.976. The van der Waals surface area contributed by atoms with Gasteiger partial charge < -0.3 is 21.1 Å². The fraction of sp³-hybridized carbons (Fsp3) is 0.444. The highest BCUT2D eigenvalue weighted by Gasteiger charge is 2.44. The minimum absolute atomic E-state index is 0.0459.